The summed E-state index contributed by atoms with van der Waals surface area (Å²) in [4.78, 5) is 0. The summed E-state index contributed by atoms with van der Waals surface area (Å²) in [5, 5.41) is 0. The summed E-state index contributed by atoms with van der Waals surface area (Å²) < 4.78 is 0. The van der Waals surface area contributed by atoms with E-state index < -0.39 is 0 Å². The van der Waals surface area contributed by atoms with Gasteiger partial charge in [0.2, 0.25) is 0 Å². The molecule has 0 aromatic heterocycles. The van der Waals surface area contributed by atoms with Gasteiger partial charge in [-0.25, -0.2) is 0 Å². The molecule has 0 aliphatic rings. The van der Waals surface area contributed by atoms with Crippen LogP contribution in [-0.2, 0) is 52.0 Å². The molecule has 0 spiro atoms. The maximum atomic E-state index is 0. The van der Waals surface area contributed by atoms with Crippen LogP contribution in [0.15, 0.2) is 0 Å². The molecule has 0 aromatic carbocycles. The molecule has 4 heavy (non-hydrogen) atoms. The Labute approximate surface area is 78.4 Å². The smallest absolute Gasteiger partial charge is 0 e. The van der Waals surface area contributed by atoms with Crippen LogP contribution in [0.1, 0.15) is 0 Å². The molecule has 0 heterocycles. The Morgan fingerprint density at radius 3 is 1.00 bits per heavy atom. The van der Waals surface area contributed by atoms with Crippen LogP contribution < -0.4 is 0 Å². The van der Waals surface area contributed by atoms with E-state index in [1.54, 1.807) is 0 Å². The van der Waals surface area contributed by atoms with Gasteiger partial charge in [-0.1, -0.05) is 0 Å². The van der Waals surface area contributed by atoms with E-state index in [1.807, 2.05) is 0 Å². The molecule has 0 rings (SSSR count). The summed E-state index contributed by atoms with van der Waals surface area (Å²) >= 11 is 0. The summed E-state index contributed by atoms with van der Waals surface area (Å²) in [5.74, 6) is 0. The van der Waals surface area contributed by atoms with Gasteiger partial charge in [0.05, 0.1) is 0 Å². The van der Waals surface area contributed by atoms with E-state index in [9.17, 15) is 0 Å². The minimum Gasteiger partial charge on any atom is 0 e. The van der Waals surface area contributed by atoms with E-state index in [1.165, 1.54) is 0 Å². The van der Waals surface area contributed by atoms with Crippen LogP contribution in [0.25, 0.3) is 0 Å². The summed E-state index contributed by atoms with van der Waals surface area (Å²) in [6.07, 6.45) is 0. The van der Waals surface area contributed by atoms with Crippen LogP contribution in [0, 0.1) is 0 Å². The topological polar surface area (TPSA) is 0 Å². The second kappa shape index (κ2) is 18.0. The molecule has 0 aromatic rings. The third kappa shape index (κ3) is 8.82. The molecule has 0 fully saturated rings. The molecule has 0 saturated heterocycles. The molecule has 0 amide bonds. The van der Waals surface area contributed by atoms with Gasteiger partial charge < -0.3 is 0 Å². The van der Waals surface area contributed by atoms with Crippen LogP contribution in [0.2, 0.25) is 0 Å². The predicted molar refractivity (Wildman–Crippen MR) is 18.5 cm³/mol. The Kier molecular flexibility index (Phi) is 143. The van der Waals surface area contributed by atoms with Gasteiger partial charge in [-0.3, -0.25) is 0 Å². The molecule has 1 radical (unpaired) electrons. The van der Waals surface area contributed by atoms with Gasteiger partial charge in [-0.2, -0.15) is 0 Å². The molecule has 0 atom stereocenters. The van der Waals surface area contributed by atoms with Gasteiger partial charge in [0.1, 0.15) is 0 Å². The fraction of sp³-hybridized carbons (Fsp3) is 0. The van der Waals surface area contributed by atoms with Crippen molar-refractivity contribution in [2.45, 2.75) is 0 Å². The van der Waals surface area contributed by atoms with Gasteiger partial charge in [0, 0.05) is 52.0 Å². The average Bonchev–Trinajstić information content (AvgIpc) is 0. The van der Waals surface area contributed by atoms with Crippen LogP contribution in [0.5, 0.6) is 0 Å². The molecule has 0 saturated carbocycles. The number of rotatable bonds is 0. The van der Waals surface area contributed by atoms with Crippen molar-refractivity contribution in [2.24, 2.45) is 0 Å². The maximum absolute atomic E-state index is 0. The summed E-state index contributed by atoms with van der Waals surface area (Å²) in [5.41, 5.74) is 0. The van der Waals surface area contributed by atoms with Crippen molar-refractivity contribution >= 4 is 27.5 Å². The van der Waals surface area contributed by atoms with Crippen LogP contribution in [0.3, 0.4) is 0 Å². The number of hydrogen-bond acceptors (Lipinski definition) is 0. The molecule has 0 aliphatic carbocycles. The van der Waals surface area contributed by atoms with E-state index in [2.05, 4.69) is 0 Å². The van der Waals surface area contributed by atoms with Crippen molar-refractivity contribution in [2.75, 3.05) is 0 Å². The zero-order chi connectivity index (χ0) is 0. The van der Waals surface area contributed by atoms with Gasteiger partial charge in [-0.15, -0.1) is 0 Å². The quantitative estimate of drug-likeness (QED) is 0.372. The maximum Gasteiger partial charge on any atom is 0 e. The minimum atomic E-state index is 0. The second-order valence-electron chi connectivity index (χ2n) is 0. The van der Waals surface area contributed by atoms with Gasteiger partial charge in [0.15, 0.2) is 17.4 Å². The largest absolute Gasteiger partial charge is 0 e. The van der Waals surface area contributed by atoms with Crippen molar-refractivity contribution in [3.8, 4) is 0 Å². The van der Waals surface area contributed by atoms with E-state index in [0.717, 1.165) is 0 Å². The van der Waals surface area contributed by atoms with Crippen molar-refractivity contribution in [1.29, 1.82) is 0 Å². The molecule has 0 aliphatic heterocycles. The van der Waals surface area contributed by atoms with E-state index in [4.69, 9.17) is 0 Å². The summed E-state index contributed by atoms with van der Waals surface area (Å²) in [6, 6.07) is 0. The minimum absolute atomic E-state index is 0. The Morgan fingerprint density at radius 1 is 1.00 bits per heavy atom. The first-order valence-electron chi connectivity index (χ1n) is 0. The van der Waals surface area contributed by atoms with E-state index >= 15 is 0 Å². The molecule has 0 nitrogen and oxygen atoms in total. The van der Waals surface area contributed by atoms with Gasteiger partial charge >= 0.3 is 10.1 Å². The Balaban J connectivity index is 0. The normalized spacial score (nSPS) is 0. The zero-order valence-corrected chi connectivity index (χ0v) is 5.34. The molecule has 17 valence electrons. The Bertz CT molecular complexity index is 8.00. The van der Waals surface area contributed by atoms with Crippen molar-refractivity contribution in [3.63, 3.8) is 0 Å². The van der Waals surface area contributed by atoms with Crippen LogP contribution >= 0.6 is 0 Å². The van der Waals surface area contributed by atoms with E-state index in [-0.39, 0.29) is 79.5 Å². The second-order valence-corrected chi connectivity index (χ2v) is 0. The summed E-state index contributed by atoms with van der Waals surface area (Å²) in [7, 11) is 0. The zero-order valence-electron chi connectivity index (χ0n) is 1.08. The third-order valence-corrected chi connectivity index (χ3v) is 0. The molecular formula is H5AlBeScZr. The van der Waals surface area contributed by atoms with E-state index in [0.29, 0.717) is 0 Å². The van der Waals surface area contributed by atoms with Gasteiger partial charge in [-0.05, 0) is 0 Å². The standard InChI is InChI=1S/Al.Be.Sc.Zr.5H. The average molecular weight is 177 g/mol. The molecule has 0 bridgehead atoms. The van der Waals surface area contributed by atoms with Crippen molar-refractivity contribution < 1.29 is 52.0 Å². The first kappa shape index (κ1) is 31.9. The molecular weight excluding hydrogens is 172 g/mol. The Hall–Kier alpha value is 2.45. The fourth-order valence-electron chi connectivity index (χ4n) is 0. The van der Waals surface area contributed by atoms with Crippen LogP contribution in [-0.4, -0.2) is 27.5 Å². The van der Waals surface area contributed by atoms with Crippen molar-refractivity contribution in [3.05, 3.63) is 0 Å². The Morgan fingerprint density at radius 2 is 1.00 bits per heavy atom. The van der Waals surface area contributed by atoms with Crippen molar-refractivity contribution in [1.82, 2.24) is 0 Å². The first-order chi connectivity index (χ1) is 0. The monoisotopic (exact) mass is 176 g/mol. The molecule has 4 heteroatoms. The third-order valence-electron chi connectivity index (χ3n) is 0. The number of hydrogen-bond donors (Lipinski definition) is 0. The summed E-state index contributed by atoms with van der Waals surface area (Å²) in [6.45, 7) is 0. The molecule has 0 unspecified atom stereocenters. The first-order valence-corrected chi connectivity index (χ1v) is 0. The molecule has 0 N–H and O–H groups in total. The van der Waals surface area contributed by atoms with Gasteiger partial charge in [0.25, 0.3) is 0 Å². The fourth-order valence-corrected chi connectivity index (χ4v) is 0. The predicted octanol–water partition coefficient (Wildman–Crippen LogP) is -2.11. The SMILES string of the molecule is [AlH3].[BeH2].[Sc].[Zr]. The van der Waals surface area contributed by atoms with Crippen LogP contribution in [0.4, 0.5) is 0 Å².